The van der Waals surface area contributed by atoms with Crippen LogP contribution >= 0.6 is 0 Å². The van der Waals surface area contributed by atoms with E-state index in [9.17, 15) is 24.8 Å². The molecular formula is C19H20N2O6. The first-order valence-corrected chi connectivity index (χ1v) is 8.22. The van der Waals surface area contributed by atoms with Crippen LogP contribution in [-0.2, 0) is 4.74 Å². The first kappa shape index (κ1) is 19.9. The highest BCUT2D eigenvalue weighted by atomic mass is 16.6. The topological polar surface area (TPSA) is 119 Å². The standard InChI is InChI=1S/C19H20N2O6/c1-10(2)27-19(24)15-11(3)9-14(22)17(18(23)20-4)16(15)12-7-5-6-8-13(12)21(25)26/h5-10,22H,1-4H3,(H,20,23). The number of amides is 1. The number of nitrogens with one attached hydrogen (secondary N) is 1. The van der Waals surface area contributed by atoms with Crippen molar-refractivity contribution >= 4 is 17.6 Å². The maximum Gasteiger partial charge on any atom is 0.339 e. The van der Waals surface area contributed by atoms with Crippen molar-refractivity contribution < 1.29 is 24.4 Å². The van der Waals surface area contributed by atoms with E-state index in [2.05, 4.69) is 5.32 Å². The predicted molar refractivity (Wildman–Crippen MR) is 98.9 cm³/mol. The Hall–Kier alpha value is -3.42. The van der Waals surface area contributed by atoms with Gasteiger partial charge in [0, 0.05) is 18.7 Å². The van der Waals surface area contributed by atoms with E-state index in [0.717, 1.165) is 0 Å². The Kier molecular flexibility index (Phi) is 5.79. The summed E-state index contributed by atoms with van der Waals surface area (Å²) in [6.45, 7) is 4.89. The lowest BCUT2D eigenvalue weighted by Gasteiger charge is -2.18. The zero-order valence-corrected chi connectivity index (χ0v) is 15.4. The molecule has 2 N–H and O–H groups in total. The number of nitro groups is 1. The molecule has 0 spiro atoms. The van der Waals surface area contributed by atoms with Crippen molar-refractivity contribution in [2.45, 2.75) is 26.9 Å². The quantitative estimate of drug-likeness (QED) is 0.473. The van der Waals surface area contributed by atoms with Gasteiger partial charge >= 0.3 is 5.97 Å². The van der Waals surface area contributed by atoms with Gasteiger partial charge in [-0.25, -0.2) is 4.79 Å². The molecule has 8 nitrogen and oxygen atoms in total. The number of nitro benzene ring substituents is 1. The van der Waals surface area contributed by atoms with Crippen LogP contribution in [0.3, 0.4) is 0 Å². The minimum Gasteiger partial charge on any atom is -0.507 e. The molecule has 2 aromatic carbocycles. The van der Waals surface area contributed by atoms with Crippen LogP contribution in [0.15, 0.2) is 30.3 Å². The summed E-state index contributed by atoms with van der Waals surface area (Å²) >= 11 is 0. The molecule has 0 bridgehead atoms. The first-order valence-electron chi connectivity index (χ1n) is 8.22. The molecule has 0 unspecified atom stereocenters. The monoisotopic (exact) mass is 372 g/mol. The van der Waals surface area contributed by atoms with Crippen molar-refractivity contribution in [3.05, 3.63) is 57.1 Å². The van der Waals surface area contributed by atoms with E-state index in [1.807, 2.05) is 0 Å². The second-order valence-electron chi connectivity index (χ2n) is 6.15. The number of hydrogen-bond donors (Lipinski definition) is 2. The van der Waals surface area contributed by atoms with E-state index in [1.165, 1.54) is 31.3 Å². The number of phenolic OH excluding ortho intramolecular Hbond substituents is 1. The van der Waals surface area contributed by atoms with Crippen LogP contribution in [0.1, 0.15) is 40.1 Å². The number of esters is 1. The average Bonchev–Trinajstić information content (AvgIpc) is 2.59. The van der Waals surface area contributed by atoms with Gasteiger partial charge in [-0.1, -0.05) is 12.1 Å². The number of nitrogens with zero attached hydrogens (tertiary/aromatic N) is 1. The molecular weight excluding hydrogens is 352 g/mol. The lowest BCUT2D eigenvalue weighted by atomic mass is 9.89. The van der Waals surface area contributed by atoms with E-state index in [-0.39, 0.29) is 33.7 Å². The molecule has 0 atom stereocenters. The normalized spacial score (nSPS) is 10.6. The van der Waals surface area contributed by atoms with Gasteiger partial charge in [0.1, 0.15) is 5.75 Å². The Labute approximate surface area is 155 Å². The molecule has 2 rings (SSSR count). The van der Waals surface area contributed by atoms with Gasteiger partial charge < -0.3 is 15.2 Å². The van der Waals surface area contributed by atoms with Gasteiger partial charge in [0.2, 0.25) is 0 Å². The number of hydrogen-bond acceptors (Lipinski definition) is 6. The van der Waals surface area contributed by atoms with Crippen LogP contribution in [0.5, 0.6) is 5.75 Å². The van der Waals surface area contributed by atoms with E-state index < -0.39 is 22.9 Å². The lowest BCUT2D eigenvalue weighted by Crippen LogP contribution is -2.22. The third-order valence-electron chi connectivity index (χ3n) is 3.87. The Morgan fingerprint density at radius 1 is 1.22 bits per heavy atom. The third kappa shape index (κ3) is 3.89. The summed E-state index contributed by atoms with van der Waals surface area (Å²) < 4.78 is 5.27. The Balaban J connectivity index is 2.97. The summed E-state index contributed by atoms with van der Waals surface area (Å²) in [4.78, 5) is 36.0. The number of benzene rings is 2. The van der Waals surface area contributed by atoms with Gasteiger partial charge in [0.25, 0.3) is 11.6 Å². The van der Waals surface area contributed by atoms with Gasteiger partial charge in [-0.15, -0.1) is 0 Å². The van der Waals surface area contributed by atoms with Crippen LogP contribution < -0.4 is 5.32 Å². The largest absolute Gasteiger partial charge is 0.507 e. The van der Waals surface area contributed by atoms with Gasteiger partial charge in [-0.3, -0.25) is 14.9 Å². The lowest BCUT2D eigenvalue weighted by molar-refractivity contribution is -0.384. The predicted octanol–water partition coefficient (Wildman–Crippen LogP) is 3.20. The fourth-order valence-electron chi connectivity index (χ4n) is 2.80. The minimum atomic E-state index is -0.735. The third-order valence-corrected chi connectivity index (χ3v) is 3.87. The molecule has 1 amide bonds. The van der Waals surface area contributed by atoms with Crippen molar-refractivity contribution in [1.29, 1.82) is 0 Å². The summed E-state index contributed by atoms with van der Waals surface area (Å²) in [7, 11) is 1.36. The highest BCUT2D eigenvalue weighted by Crippen LogP contribution is 2.40. The zero-order chi connectivity index (χ0) is 20.3. The van der Waals surface area contributed by atoms with Crippen molar-refractivity contribution in [2.75, 3.05) is 7.05 Å². The number of carbonyl (C=O) groups excluding carboxylic acids is 2. The summed E-state index contributed by atoms with van der Waals surface area (Å²) in [5.41, 5.74) is -0.201. The van der Waals surface area contributed by atoms with Crippen LogP contribution in [0, 0.1) is 17.0 Å². The second-order valence-corrected chi connectivity index (χ2v) is 6.15. The number of aryl methyl sites for hydroxylation is 1. The molecule has 0 fully saturated rings. The second kappa shape index (κ2) is 7.86. The fourth-order valence-corrected chi connectivity index (χ4v) is 2.80. The smallest absolute Gasteiger partial charge is 0.339 e. The Morgan fingerprint density at radius 2 is 1.85 bits per heavy atom. The molecule has 0 heterocycles. The maximum absolute atomic E-state index is 12.7. The molecule has 8 heteroatoms. The van der Waals surface area contributed by atoms with E-state index >= 15 is 0 Å². The molecule has 0 aliphatic rings. The minimum absolute atomic E-state index is 0.00519. The van der Waals surface area contributed by atoms with Crippen molar-refractivity contribution in [3.8, 4) is 16.9 Å². The van der Waals surface area contributed by atoms with Gasteiger partial charge in [-0.05, 0) is 38.5 Å². The highest BCUT2D eigenvalue weighted by molar-refractivity contribution is 6.11. The average molecular weight is 372 g/mol. The summed E-state index contributed by atoms with van der Waals surface area (Å²) in [5.74, 6) is -1.80. The van der Waals surface area contributed by atoms with Gasteiger partial charge in [0.05, 0.1) is 27.7 Å². The Bertz CT molecular complexity index is 921. The number of phenols is 1. The van der Waals surface area contributed by atoms with Crippen LogP contribution in [0.4, 0.5) is 5.69 Å². The summed E-state index contributed by atoms with van der Waals surface area (Å²) in [6, 6.07) is 6.97. The maximum atomic E-state index is 12.7. The van der Waals surface area contributed by atoms with Crippen molar-refractivity contribution in [2.24, 2.45) is 0 Å². The SMILES string of the molecule is CNC(=O)c1c(O)cc(C)c(C(=O)OC(C)C)c1-c1ccccc1[N+](=O)[O-]. The molecule has 0 saturated carbocycles. The molecule has 27 heavy (non-hydrogen) atoms. The number of rotatable bonds is 5. The van der Waals surface area contributed by atoms with Crippen molar-refractivity contribution in [3.63, 3.8) is 0 Å². The molecule has 2 aromatic rings. The van der Waals surface area contributed by atoms with Crippen LogP contribution in [0.2, 0.25) is 0 Å². The number of para-hydroxylation sites is 1. The van der Waals surface area contributed by atoms with E-state index in [4.69, 9.17) is 4.74 Å². The number of aromatic hydroxyl groups is 1. The summed E-state index contributed by atoms with van der Waals surface area (Å²) in [6.07, 6.45) is -0.437. The molecule has 142 valence electrons. The zero-order valence-electron chi connectivity index (χ0n) is 15.4. The molecule has 0 saturated heterocycles. The van der Waals surface area contributed by atoms with Crippen molar-refractivity contribution in [1.82, 2.24) is 5.32 Å². The van der Waals surface area contributed by atoms with E-state index in [1.54, 1.807) is 26.8 Å². The summed E-state index contributed by atoms with van der Waals surface area (Å²) in [5, 5.41) is 24.3. The molecule has 0 radical (unpaired) electrons. The molecule has 0 aliphatic heterocycles. The van der Waals surface area contributed by atoms with Crippen LogP contribution in [-0.4, -0.2) is 35.1 Å². The number of carbonyl (C=O) groups is 2. The van der Waals surface area contributed by atoms with Gasteiger partial charge in [-0.2, -0.15) is 0 Å². The Morgan fingerprint density at radius 3 is 2.41 bits per heavy atom. The van der Waals surface area contributed by atoms with Gasteiger partial charge in [0.15, 0.2) is 0 Å². The molecule has 0 aliphatic carbocycles. The van der Waals surface area contributed by atoms with E-state index in [0.29, 0.717) is 5.56 Å². The highest BCUT2D eigenvalue weighted by Gasteiger charge is 2.30. The molecule has 0 aromatic heterocycles. The first-order chi connectivity index (χ1) is 12.7. The fraction of sp³-hybridized carbons (Fsp3) is 0.263. The number of ether oxygens (including phenoxy) is 1. The van der Waals surface area contributed by atoms with Crippen LogP contribution in [0.25, 0.3) is 11.1 Å².